The third-order valence-corrected chi connectivity index (χ3v) is 3.93. The number of amides is 1. The number of ketones is 1. The average molecular weight is 379 g/mol. The van der Waals surface area contributed by atoms with Crippen LogP contribution in [0, 0.1) is 5.82 Å². The Morgan fingerprint density at radius 2 is 1.85 bits per heavy atom. The quantitative estimate of drug-likeness (QED) is 0.752. The number of rotatable bonds is 6. The number of halogens is 2. The van der Waals surface area contributed by atoms with Crippen LogP contribution in [-0.2, 0) is 4.79 Å². The Labute approximate surface area is 154 Å². The summed E-state index contributed by atoms with van der Waals surface area (Å²) in [5.41, 5.74) is 0.499. The molecule has 0 spiro atoms. The first-order chi connectivity index (χ1) is 12.2. The van der Waals surface area contributed by atoms with E-state index < -0.39 is 17.7 Å². The summed E-state index contributed by atoms with van der Waals surface area (Å²) in [5.74, 6) is -2.78. The molecule has 8 heteroatoms. The predicted molar refractivity (Wildman–Crippen MR) is 96.7 cm³/mol. The van der Waals surface area contributed by atoms with Crippen LogP contribution in [0.5, 0.6) is 0 Å². The highest BCUT2D eigenvalue weighted by molar-refractivity contribution is 6.31. The van der Waals surface area contributed by atoms with Gasteiger partial charge in [-0.3, -0.25) is 9.59 Å². The number of Topliss-reactive ketones (excluding diaryl/α,β-unsaturated/α-hetero) is 1. The molecule has 136 valence electrons. The first-order valence-corrected chi connectivity index (χ1v) is 7.91. The van der Waals surface area contributed by atoms with Crippen LogP contribution in [0.25, 0.3) is 0 Å². The van der Waals surface area contributed by atoms with Gasteiger partial charge in [-0.05, 0) is 31.2 Å². The van der Waals surface area contributed by atoms with Gasteiger partial charge in [0.2, 0.25) is 5.91 Å². The Bertz CT molecular complexity index is 885. The number of hydrogen-bond donors (Lipinski definition) is 2. The third-order valence-electron chi connectivity index (χ3n) is 3.64. The van der Waals surface area contributed by atoms with Crippen molar-refractivity contribution in [2.24, 2.45) is 0 Å². The number of benzene rings is 2. The highest BCUT2D eigenvalue weighted by Crippen LogP contribution is 2.27. The molecule has 0 fully saturated rings. The van der Waals surface area contributed by atoms with Crippen molar-refractivity contribution in [3.05, 3.63) is 58.4 Å². The number of anilines is 2. The fourth-order valence-corrected chi connectivity index (χ4v) is 2.56. The Hall–Kier alpha value is -2.93. The predicted octanol–water partition coefficient (Wildman–Crippen LogP) is 3.45. The first-order valence-electron chi connectivity index (χ1n) is 7.54. The Kier molecular flexibility index (Phi) is 5.94. The molecule has 0 unspecified atom stereocenters. The molecule has 0 aliphatic heterocycles. The molecule has 0 aromatic heterocycles. The second-order valence-corrected chi connectivity index (χ2v) is 6.00. The van der Waals surface area contributed by atoms with Crippen molar-refractivity contribution in [1.29, 1.82) is 0 Å². The van der Waals surface area contributed by atoms with Crippen molar-refractivity contribution in [1.82, 2.24) is 0 Å². The Morgan fingerprint density at radius 3 is 2.46 bits per heavy atom. The number of carbonyl (C=O) groups excluding carboxylic acids is 2. The van der Waals surface area contributed by atoms with Gasteiger partial charge in [0, 0.05) is 18.3 Å². The molecule has 6 nitrogen and oxygen atoms in total. The summed E-state index contributed by atoms with van der Waals surface area (Å²) in [7, 11) is 1.54. The maximum absolute atomic E-state index is 13.6. The molecule has 2 N–H and O–H groups in total. The molecule has 2 aromatic rings. The zero-order chi connectivity index (χ0) is 19.4. The Morgan fingerprint density at radius 1 is 1.19 bits per heavy atom. The zero-order valence-electron chi connectivity index (χ0n) is 14.0. The minimum absolute atomic E-state index is 0.0437. The van der Waals surface area contributed by atoms with E-state index >= 15 is 0 Å². The van der Waals surface area contributed by atoms with Gasteiger partial charge < -0.3 is 15.3 Å². The number of nitrogens with one attached hydrogen (secondary N) is 1. The van der Waals surface area contributed by atoms with E-state index in [9.17, 15) is 18.8 Å². The monoisotopic (exact) mass is 378 g/mol. The minimum atomic E-state index is -1.17. The number of hydrogen-bond acceptors (Lipinski definition) is 4. The number of nitrogens with zero attached hydrogens (tertiary/aromatic N) is 1. The molecule has 26 heavy (non-hydrogen) atoms. The lowest BCUT2D eigenvalue weighted by Gasteiger charge is -2.22. The lowest BCUT2D eigenvalue weighted by Crippen LogP contribution is -2.31. The number of carboxylic acids is 1. The topological polar surface area (TPSA) is 86.7 Å². The van der Waals surface area contributed by atoms with Gasteiger partial charge in [0.1, 0.15) is 5.82 Å². The second kappa shape index (κ2) is 7.97. The number of carbonyl (C=O) groups is 3. The molecule has 0 aliphatic rings. The summed E-state index contributed by atoms with van der Waals surface area (Å²) in [6.07, 6.45) is 0. The molecule has 0 saturated heterocycles. The summed E-state index contributed by atoms with van der Waals surface area (Å²) in [5, 5.41) is 11.5. The largest absolute Gasteiger partial charge is 0.478 e. The molecule has 1 amide bonds. The van der Waals surface area contributed by atoms with E-state index in [1.54, 1.807) is 19.2 Å². The molecular weight excluding hydrogens is 363 g/mol. The van der Waals surface area contributed by atoms with Crippen LogP contribution in [0.4, 0.5) is 15.8 Å². The SMILES string of the molecule is CC(=O)c1cc(F)c(Cl)cc1N(C)CC(=O)Nc1ccccc1C(=O)O. The molecular formula is C18H16ClFN2O4. The molecule has 0 atom stereocenters. The summed E-state index contributed by atoms with van der Waals surface area (Å²) in [4.78, 5) is 36.6. The third kappa shape index (κ3) is 4.37. The summed E-state index contributed by atoms with van der Waals surface area (Å²) in [6.45, 7) is 1.08. The van der Waals surface area contributed by atoms with E-state index in [4.69, 9.17) is 16.7 Å². The van der Waals surface area contributed by atoms with Crippen molar-refractivity contribution in [3.63, 3.8) is 0 Å². The van der Waals surface area contributed by atoms with E-state index in [0.29, 0.717) is 5.69 Å². The van der Waals surface area contributed by atoms with Crippen molar-refractivity contribution in [2.45, 2.75) is 6.92 Å². The van der Waals surface area contributed by atoms with Crippen LogP contribution in [0.1, 0.15) is 27.6 Å². The van der Waals surface area contributed by atoms with E-state index in [1.165, 1.54) is 30.0 Å². The van der Waals surface area contributed by atoms with Crippen LogP contribution >= 0.6 is 11.6 Å². The maximum atomic E-state index is 13.6. The van der Waals surface area contributed by atoms with Crippen molar-refractivity contribution in [2.75, 3.05) is 23.8 Å². The average Bonchev–Trinajstić information content (AvgIpc) is 2.56. The summed E-state index contributed by atoms with van der Waals surface area (Å²) < 4.78 is 13.6. The van der Waals surface area contributed by atoms with Crippen LogP contribution < -0.4 is 10.2 Å². The lowest BCUT2D eigenvalue weighted by molar-refractivity contribution is -0.114. The first kappa shape index (κ1) is 19.4. The van der Waals surface area contributed by atoms with Gasteiger partial charge in [0.15, 0.2) is 5.78 Å². The van der Waals surface area contributed by atoms with Gasteiger partial charge >= 0.3 is 5.97 Å². The molecule has 0 saturated carbocycles. The van der Waals surface area contributed by atoms with Gasteiger partial charge in [-0.25, -0.2) is 9.18 Å². The lowest BCUT2D eigenvalue weighted by atomic mass is 10.1. The van der Waals surface area contributed by atoms with Crippen LogP contribution in [0.2, 0.25) is 5.02 Å². The highest BCUT2D eigenvalue weighted by Gasteiger charge is 2.18. The standard InChI is InChI=1S/C18H16ClFN2O4/c1-10(23)12-7-14(20)13(19)8-16(12)22(2)9-17(24)21-15-6-4-3-5-11(15)18(25)26/h3-8H,9H2,1-2H3,(H,21,24)(H,25,26). The highest BCUT2D eigenvalue weighted by atomic mass is 35.5. The molecule has 0 bridgehead atoms. The number of aromatic carboxylic acids is 1. The van der Waals surface area contributed by atoms with Crippen LogP contribution in [-0.4, -0.2) is 36.4 Å². The summed E-state index contributed by atoms with van der Waals surface area (Å²) in [6, 6.07) is 8.27. The number of likely N-dealkylation sites (N-methyl/N-ethyl adjacent to an activating group) is 1. The van der Waals surface area contributed by atoms with Crippen LogP contribution in [0.3, 0.4) is 0 Å². The van der Waals surface area contributed by atoms with Gasteiger partial charge in [-0.2, -0.15) is 0 Å². The molecule has 0 heterocycles. The maximum Gasteiger partial charge on any atom is 0.337 e. The van der Waals surface area contributed by atoms with Gasteiger partial charge in [0.25, 0.3) is 0 Å². The van der Waals surface area contributed by atoms with Crippen molar-refractivity contribution >= 4 is 40.6 Å². The van der Waals surface area contributed by atoms with E-state index in [2.05, 4.69) is 5.32 Å². The molecule has 0 aliphatic carbocycles. The Balaban J connectivity index is 2.22. The molecule has 2 aromatic carbocycles. The van der Waals surface area contributed by atoms with Gasteiger partial charge in [-0.15, -0.1) is 0 Å². The van der Waals surface area contributed by atoms with E-state index in [-0.39, 0.29) is 34.2 Å². The summed E-state index contributed by atoms with van der Waals surface area (Å²) >= 11 is 5.78. The minimum Gasteiger partial charge on any atom is -0.478 e. The van der Waals surface area contributed by atoms with Crippen LogP contribution in [0.15, 0.2) is 36.4 Å². The van der Waals surface area contributed by atoms with Gasteiger partial charge in [-0.1, -0.05) is 23.7 Å². The number of para-hydroxylation sites is 1. The number of carboxylic acid groups (broad SMARTS) is 1. The zero-order valence-corrected chi connectivity index (χ0v) is 14.8. The van der Waals surface area contributed by atoms with E-state index in [1.807, 2.05) is 0 Å². The van der Waals surface area contributed by atoms with Crippen molar-refractivity contribution in [3.8, 4) is 0 Å². The fourth-order valence-electron chi connectivity index (χ4n) is 2.40. The van der Waals surface area contributed by atoms with E-state index in [0.717, 1.165) is 6.07 Å². The molecule has 2 rings (SSSR count). The molecule has 0 radical (unpaired) electrons. The second-order valence-electron chi connectivity index (χ2n) is 5.59. The normalized spacial score (nSPS) is 10.3. The fraction of sp³-hybridized carbons (Fsp3) is 0.167. The van der Waals surface area contributed by atoms with Crippen molar-refractivity contribution < 1.29 is 23.9 Å². The van der Waals surface area contributed by atoms with Gasteiger partial charge in [0.05, 0.1) is 22.8 Å². The smallest absolute Gasteiger partial charge is 0.337 e.